The van der Waals surface area contributed by atoms with Crippen molar-refractivity contribution < 1.29 is 9.50 Å². The first-order valence-corrected chi connectivity index (χ1v) is 10.2. The summed E-state index contributed by atoms with van der Waals surface area (Å²) in [4.78, 5) is 19.2. The number of anilines is 3. The van der Waals surface area contributed by atoms with Gasteiger partial charge in [0.2, 0.25) is 0 Å². The maximum Gasteiger partial charge on any atom is 0.156 e. The van der Waals surface area contributed by atoms with Gasteiger partial charge in [0.25, 0.3) is 0 Å². The lowest BCUT2D eigenvalue weighted by Gasteiger charge is -2.30. The number of fused-ring (bicyclic) bond motifs is 3. The zero-order valence-electron chi connectivity index (χ0n) is 16.9. The van der Waals surface area contributed by atoms with E-state index in [-0.39, 0.29) is 11.4 Å². The quantitative estimate of drug-likeness (QED) is 0.450. The van der Waals surface area contributed by atoms with Crippen molar-refractivity contribution in [1.82, 2.24) is 24.5 Å². The Hall–Kier alpha value is -4.27. The fourth-order valence-electron chi connectivity index (χ4n) is 4.18. The van der Waals surface area contributed by atoms with Gasteiger partial charge >= 0.3 is 0 Å². The molecule has 3 aromatic heterocycles. The first-order chi connectivity index (χ1) is 15.7. The monoisotopic (exact) mass is 427 g/mol. The average molecular weight is 427 g/mol. The Morgan fingerprint density at radius 2 is 1.97 bits per heavy atom. The van der Waals surface area contributed by atoms with Crippen LogP contribution in [0.5, 0.6) is 5.75 Å². The third-order valence-corrected chi connectivity index (χ3v) is 5.80. The summed E-state index contributed by atoms with van der Waals surface area (Å²) < 4.78 is 17.2. The lowest BCUT2D eigenvalue weighted by molar-refractivity contribution is 0.481. The second kappa shape index (κ2) is 7.16. The summed E-state index contributed by atoms with van der Waals surface area (Å²) in [5, 5.41) is 14.7. The summed E-state index contributed by atoms with van der Waals surface area (Å²) in [6, 6.07) is 10.3. The minimum atomic E-state index is -0.427. The SMILES string of the molecule is Oc1cc(N2CCn3cncc3C2)cc2ncnc(Nc3ccc4ncccc4c3F)c12. The fraction of sp³-hybridized carbons (Fsp3) is 0.130. The molecule has 1 aliphatic rings. The minimum Gasteiger partial charge on any atom is -0.507 e. The number of nitrogens with one attached hydrogen (secondary N) is 1. The molecule has 0 spiro atoms. The van der Waals surface area contributed by atoms with E-state index in [1.54, 1.807) is 36.5 Å². The predicted octanol–water partition coefficient (Wildman–Crippen LogP) is 3.98. The van der Waals surface area contributed by atoms with Gasteiger partial charge in [-0.05, 0) is 30.3 Å². The third-order valence-electron chi connectivity index (χ3n) is 5.80. The van der Waals surface area contributed by atoms with Crippen molar-refractivity contribution in [2.75, 3.05) is 16.8 Å². The maximum absolute atomic E-state index is 15.0. The van der Waals surface area contributed by atoms with Crippen molar-refractivity contribution in [1.29, 1.82) is 0 Å². The molecule has 4 heterocycles. The number of benzene rings is 2. The molecule has 2 N–H and O–H groups in total. The number of aromatic hydroxyl groups is 1. The lowest BCUT2D eigenvalue weighted by Crippen LogP contribution is -2.33. The lowest BCUT2D eigenvalue weighted by atomic mass is 10.1. The highest BCUT2D eigenvalue weighted by Crippen LogP contribution is 2.36. The van der Waals surface area contributed by atoms with E-state index in [2.05, 4.69) is 34.7 Å². The van der Waals surface area contributed by atoms with Gasteiger partial charge in [-0.15, -0.1) is 0 Å². The van der Waals surface area contributed by atoms with Crippen LogP contribution in [0.4, 0.5) is 21.6 Å². The zero-order valence-corrected chi connectivity index (χ0v) is 16.9. The molecule has 158 valence electrons. The van der Waals surface area contributed by atoms with Crippen LogP contribution in [0.25, 0.3) is 21.8 Å². The van der Waals surface area contributed by atoms with E-state index in [9.17, 15) is 5.11 Å². The predicted molar refractivity (Wildman–Crippen MR) is 119 cm³/mol. The molecule has 0 unspecified atom stereocenters. The molecule has 8 nitrogen and oxygen atoms in total. The second-order valence-electron chi connectivity index (χ2n) is 7.70. The number of halogens is 1. The van der Waals surface area contributed by atoms with Gasteiger partial charge < -0.3 is 19.9 Å². The number of hydrogen-bond acceptors (Lipinski definition) is 7. The molecule has 0 amide bonds. The highest BCUT2D eigenvalue weighted by atomic mass is 19.1. The van der Waals surface area contributed by atoms with Gasteiger partial charge in [-0.1, -0.05) is 0 Å². The average Bonchev–Trinajstić information content (AvgIpc) is 3.29. The highest BCUT2D eigenvalue weighted by Gasteiger charge is 2.20. The van der Waals surface area contributed by atoms with E-state index in [1.165, 1.54) is 6.33 Å². The van der Waals surface area contributed by atoms with Crippen molar-refractivity contribution >= 4 is 39.0 Å². The van der Waals surface area contributed by atoms with Crippen LogP contribution in [0.1, 0.15) is 5.69 Å². The molecule has 6 rings (SSSR count). The van der Waals surface area contributed by atoms with Crippen LogP contribution in [-0.4, -0.2) is 36.2 Å². The number of pyridine rings is 1. The van der Waals surface area contributed by atoms with Gasteiger partial charge in [-0.25, -0.2) is 19.3 Å². The zero-order chi connectivity index (χ0) is 21.7. The normalized spacial score (nSPS) is 13.5. The van der Waals surface area contributed by atoms with E-state index in [0.717, 1.165) is 24.5 Å². The Labute approximate surface area is 182 Å². The molecule has 0 fully saturated rings. The topological polar surface area (TPSA) is 92.0 Å². The molecule has 0 saturated carbocycles. The van der Waals surface area contributed by atoms with Crippen molar-refractivity contribution in [2.24, 2.45) is 0 Å². The number of hydrogen-bond donors (Lipinski definition) is 2. The smallest absolute Gasteiger partial charge is 0.156 e. The highest BCUT2D eigenvalue weighted by molar-refractivity contribution is 5.98. The molecule has 0 saturated heterocycles. The van der Waals surface area contributed by atoms with Gasteiger partial charge in [-0.2, -0.15) is 0 Å². The Kier molecular flexibility index (Phi) is 4.14. The van der Waals surface area contributed by atoms with Crippen molar-refractivity contribution in [3.8, 4) is 5.75 Å². The van der Waals surface area contributed by atoms with Gasteiger partial charge in [0.1, 0.15) is 17.9 Å². The molecule has 0 radical (unpaired) electrons. The van der Waals surface area contributed by atoms with Crippen LogP contribution < -0.4 is 10.2 Å². The van der Waals surface area contributed by atoms with Crippen molar-refractivity contribution in [3.63, 3.8) is 0 Å². The fourth-order valence-corrected chi connectivity index (χ4v) is 4.18. The molecule has 0 bridgehead atoms. The van der Waals surface area contributed by atoms with E-state index in [1.807, 2.05) is 18.6 Å². The Morgan fingerprint density at radius 3 is 2.91 bits per heavy atom. The first kappa shape index (κ1) is 18.5. The summed E-state index contributed by atoms with van der Waals surface area (Å²) in [6.07, 6.45) is 6.71. The molecule has 1 aliphatic heterocycles. The van der Waals surface area contributed by atoms with Crippen molar-refractivity contribution in [3.05, 3.63) is 73.0 Å². The van der Waals surface area contributed by atoms with Gasteiger partial charge in [0.15, 0.2) is 5.82 Å². The molecule has 5 aromatic rings. The molecular weight excluding hydrogens is 409 g/mol. The molecule has 32 heavy (non-hydrogen) atoms. The van der Waals surface area contributed by atoms with Crippen LogP contribution in [0.15, 0.2) is 61.4 Å². The molecular formula is C23H18FN7O. The van der Waals surface area contributed by atoms with Crippen LogP contribution >= 0.6 is 0 Å². The van der Waals surface area contributed by atoms with Gasteiger partial charge in [0.05, 0.1) is 40.7 Å². The summed E-state index contributed by atoms with van der Waals surface area (Å²) in [7, 11) is 0. The number of imidazole rings is 1. The number of rotatable bonds is 3. The Balaban J connectivity index is 1.38. The van der Waals surface area contributed by atoms with Crippen molar-refractivity contribution in [2.45, 2.75) is 13.1 Å². The number of nitrogens with zero attached hydrogens (tertiary/aromatic N) is 6. The summed E-state index contributed by atoms with van der Waals surface area (Å²) in [5.41, 5.74) is 3.35. The van der Waals surface area contributed by atoms with E-state index < -0.39 is 5.82 Å². The largest absolute Gasteiger partial charge is 0.507 e. The van der Waals surface area contributed by atoms with E-state index in [0.29, 0.717) is 34.2 Å². The number of phenols is 1. The molecule has 2 aromatic carbocycles. The van der Waals surface area contributed by atoms with Crippen LogP contribution in [0.2, 0.25) is 0 Å². The van der Waals surface area contributed by atoms with Crippen LogP contribution in [0, 0.1) is 5.82 Å². The van der Waals surface area contributed by atoms with Crippen LogP contribution in [0.3, 0.4) is 0 Å². The van der Waals surface area contributed by atoms with E-state index >= 15 is 4.39 Å². The Bertz CT molecular complexity index is 1480. The minimum absolute atomic E-state index is 0.0301. The molecule has 0 aliphatic carbocycles. The van der Waals surface area contributed by atoms with Gasteiger partial charge in [-0.3, -0.25) is 4.98 Å². The first-order valence-electron chi connectivity index (χ1n) is 10.2. The summed E-state index contributed by atoms with van der Waals surface area (Å²) in [6.45, 7) is 2.30. The van der Waals surface area contributed by atoms with E-state index in [4.69, 9.17) is 0 Å². The van der Waals surface area contributed by atoms with Crippen LogP contribution in [-0.2, 0) is 13.1 Å². The number of phenolic OH excluding ortho intramolecular Hbond substituents is 1. The standard InChI is InChI=1S/C23H18FN7O/c24-22-16-2-1-5-26-17(16)3-4-18(22)29-23-21-19(27-12-28-23)8-14(9-20(21)32)30-6-7-31-13-25-10-15(31)11-30/h1-5,8-10,12-13,32H,6-7,11H2,(H,27,28,29). The van der Waals surface area contributed by atoms with Gasteiger partial charge in [0, 0.05) is 42.6 Å². The number of aromatic nitrogens is 5. The third kappa shape index (κ3) is 2.97. The maximum atomic E-state index is 15.0. The second-order valence-corrected chi connectivity index (χ2v) is 7.70. The Morgan fingerprint density at radius 1 is 1.03 bits per heavy atom. The molecule has 0 atom stereocenters. The summed E-state index contributed by atoms with van der Waals surface area (Å²) in [5.74, 6) is -0.0659. The molecule has 9 heteroatoms. The summed E-state index contributed by atoms with van der Waals surface area (Å²) >= 11 is 0.